The molecule has 1 amide bonds. The molecule has 0 saturated carbocycles. The minimum absolute atomic E-state index is 0.0910. The lowest BCUT2D eigenvalue weighted by atomic mass is 10.3. The SMILES string of the molecule is CCC(=O)Nc1nc2c(OC)cc(NS(=O)(=O)c3cc(Cl)ccc3OC)cc2s1. The molecule has 0 aliphatic heterocycles. The lowest BCUT2D eigenvalue weighted by molar-refractivity contribution is -0.115. The second kappa shape index (κ2) is 8.44. The molecule has 1 heterocycles. The fourth-order valence-electron chi connectivity index (χ4n) is 2.55. The summed E-state index contributed by atoms with van der Waals surface area (Å²) in [6.45, 7) is 1.74. The van der Waals surface area contributed by atoms with Crippen molar-refractivity contribution in [3.63, 3.8) is 0 Å². The van der Waals surface area contributed by atoms with Crippen LogP contribution in [-0.2, 0) is 14.8 Å². The van der Waals surface area contributed by atoms with Gasteiger partial charge in [0, 0.05) is 17.5 Å². The van der Waals surface area contributed by atoms with Crippen LogP contribution < -0.4 is 19.5 Å². The van der Waals surface area contributed by atoms with Crippen molar-refractivity contribution in [2.75, 3.05) is 24.3 Å². The fourth-order valence-corrected chi connectivity index (χ4v) is 4.96. The van der Waals surface area contributed by atoms with Crippen molar-refractivity contribution in [3.8, 4) is 11.5 Å². The summed E-state index contributed by atoms with van der Waals surface area (Å²) in [6, 6.07) is 7.46. The Bertz CT molecular complexity index is 1180. The van der Waals surface area contributed by atoms with Gasteiger partial charge in [0.15, 0.2) is 5.13 Å². The second-order valence-electron chi connectivity index (χ2n) is 5.85. The number of benzene rings is 2. The quantitative estimate of drug-likeness (QED) is 0.555. The van der Waals surface area contributed by atoms with Crippen molar-refractivity contribution in [1.82, 2.24) is 4.98 Å². The molecule has 0 unspecified atom stereocenters. The first-order valence-electron chi connectivity index (χ1n) is 8.42. The van der Waals surface area contributed by atoms with Crippen LogP contribution in [0.5, 0.6) is 11.5 Å². The predicted octanol–water partition coefficient (Wildman–Crippen LogP) is 4.12. The van der Waals surface area contributed by atoms with Gasteiger partial charge in [0.2, 0.25) is 5.91 Å². The van der Waals surface area contributed by atoms with E-state index in [9.17, 15) is 13.2 Å². The lowest BCUT2D eigenvalue weighted by Gasteiger charge is -2.13. The molecule has 2 N–H and O–H groups in total. The third kappa shape index (κ3) is 4.55. The van der Waals surface area contributed by atoms with Gasteiger partial charge < -0.3 is 14.8 Å². The molecular formula is C18H18ClN3O5S2. The predicted molar refractivity (Wildman–Crippen MR) is 114 cm³/mol. The van der Waals surface area contributed by atoms with Gasteiger partial charge in [-0.1, -0.05) is 29.9 Å². The maximum Gasteiger partial charge on any atom is 0.265 e. The molecule has 0 atom stereocenters. The van der Waals surface area contributed by atoms with E-state index in [0.717, 1.165) is 0 Å². The zero-order chi connectivity index (χ0) is 21.2. The Morgan fingerprint density at radius 1 is 1.17 bits per heavy atom. The number of aromatic nitrogens is 1. The van der Waals surface area contributed by atoms with Crippen LogP contribution in [0.3, 0.4) is 0 Å². The van der Waals surface area contributed by atoms with Crippen molar-refractivity contribution >= 4 is 59.9 Å². The van der Waals surface area contributed by atoms with Gasteiger partial charge in [-0.05, 0) is 24.3 Å². The van der Waals surface area contributed by atoms with E-state index in [4.69, 9.17) is 21.1 Å². The van der Waals surface area contributed by atoms with Crippen LogP contribution in [0.4, 0.5) is 10.8 Å². The monoisotopic (exact) mass is 455 g/mol. The van der Waals surface area contributed by atoms with Crippen LogP contribution in [0, 0.1) is 0 Å². The minimum Gasteiger partial charge on any atom is -0.495 e. The fraction of sp³-hybridized carbons (Fsp3) is 0.222. The standard InChI is InChI=1S/C18H18ClN3O5S2/c1-4-16(23)20-18-21-17-13(27-3)8-11(9-14(17)28-18)22-29(24,25)15-7-10(19)5-6-12(15)26-2/h5-9,22H,4H2,1-3H3,(H,20,21,23). The highest BCUT2D eigenvalue weighted by Gasteiger charge is 2.22. The average molecular weight is 456 g/mol. The Balaban J connectivity index is 2.01. The second-order valence-corrected chi connectivity index (χ2v) is 8.96. The lowest BCUT2D eigenvalue weighted by Crippen LogP contribution is -2.14. The highest BCUT2D eigenvalue weighted by atomic mass is 35.5. The molecule has 8 nitrogen and oxygen atoms in total. The number of thiazole rings is 1. The summed E-state index contributed by atoms with van der Waals surface area (Å²) < 4.78 is 39.4. The van der Waals surface area contributed by atoms with Crippen LogP contribution in [0.15, 0.2) is 35.2 Å². The number of hydrogen-bond donors (Lipinski definition) is 2. The highest BCUT2D eigenvalue weighted by molar-refractivity contribution is 7.92. The van der Waals surface area contributed by atoms with Crippen molar-refractivity contribution in [2.24, 2.45) is 0 Å². The van der Waals surface area contributed by atoms with E-state index in [2.05, 4.69) is 15.0 Å². The number of methoxy groups -OCH3 is 2. The first-order chi connectivity index (χ1) is 13.8. The topological polar surface area (TPSA) is 107 Å². The van der Waals surface area contributed by atoms with E-state index < -0.39 is 10.0 Å². The number of anilines is 2. The number of halogens is 1. The summed E-state index contributed by atoms with van der Waals surface area (Å²) in [5.41, 5.74) is 0.792. The van der Waals surface area contributed by atoms with Gasteiger partial charge in [0.05, 0.1) is 24.6 Å². The number of nitrogens with zero attached hydrogens (tertiary/aromatic N) is 1. The summed E-state index contributed by atoms with van der Waals surface area (Å²) in [5, 5.41) is 3.36. The molecule has 2 aromatic carbocycles. The Kier molecular flexibility index (Phi) is 6.15. The number of ether oxygens (including phenoxy) is 2. The van der Waals surface area contributed by atoms with Crippen LogP contribution in [0.2, 0.25) is 5.02 Å². The molecule has 0 saturated heterocycles. The molecule has 0 radical (unpaired) electrons. The summed E-state index contributed by atoms with van der Waals surface area (Å²) in [7, 11) is -1.16. The van der Waals surface area contributed by atoms with Crippen LogP contribution in [0.25, 0.3) is 10.2 Å². The molecule has 3 rings (SSSR count). The normalized spacial score (nSPS) is 11.3. The van der Waals surface area contributed by atoms with Crippen LogP contribution in [-0.4, -0.2) is 33.5 Å². The maximum absolute atomic E-state index is 12.9. The van der Waals surface area contributed by atoms with E-state index >= 15 is 0 Å². The molecule has 0 aliphatic rings. The Morgan fingerprint density at radius 3 is 2.55 bits per heavy atom. The van der Waals surface area contributed by atoms with Crippen molar-refractivity contribution in [2.45, 2.75) is 18.2 Å². The molecule has 1 aromatic heterocycles. The van der Waals surface area contributed by atoms with E-state index in [0.29, 0.717) is 27.5 Å². The summed E-state index contributed by atoms with van der Waals surface area (Å²) in [6.07, 6.45) is 0.319. The smallest absolute Gasteiger partial charge is 0.265 e. The molecule has 0 fully saturated rings. The molecule has 29 heavy (non-hydrogen) atoms. The van der Waals surface area contributed by atoms with Gasteiger partial charge in [-0.2, -0.15) is 0 Å². The largest absolute Gasteiger partial charge is 0.495 e. The highest BCUT2D eigenvalue weighted by Crippen LogP contribution is 2.37. The number of carbonyl (C=O) groups is 1. The first kappa shape index (κ1) is 21.2. The van der Waals surface area contributed by atoms with E-state index in [1.807, 2.05) is 0 Å². The van der Waals surface area contributed by atoms with Crippen molar-refractivity contribution < 1.29 is 22.7 Å². The van der Waals surface area contributed by atoms with Gasteiger partial charge in [0.25, 0.3) is 10.0 Å². The molecule has 11 heteroatoms. The molecule has 3 aromatic rings. The van der Waals surface area contributed by atoms with Gasteiger partial charge in [0.1, 0.15) is 21.9 Å². The average Bonchev–Trinajstić information content (AvgIpc) is 3.08. The summed E-state index contributed by atoms with van der Waals surface area (Å²) in [4.78, 5) is 15.9. The zero-order valence-electron chi connectivity index (χ0n) is 15.8. The third-order valence-electron chi connectivity index (χ3n) is 3.91. The Hall–Kier alpha value is -2.56. The summed E-state index contributed by atoms with van der Waals surface area (Å²) >= 11 is 7.17. The van der Waals surface area contributed by atoms with E-state index in [1.165, 1.54) is 49.8 Å². The number of hydrogen-bond acceptors (Lipinski definition) is 7. The van der Waals surface area contributed by atoms with Gasteiger partial charge in [-0.25, -0.2) is 13.4 Å². The molecule has 0 spiro atoms. The Labute approximate surface area is 176 Å². The molecule has 154 valence electrons. The number of sulfonamides is 1. The van der Waals surface area contributed by atoms with Crippen molar-refractivity contribution in [3.05, 3.63) is 35.4 Å². The van der Waals surface area contributed by atoms with Gasteiger partial charge in [-0.15, -0.1) is 0 Å². The Morgan fingerprint density at radius 2 is 1.90 bits per heavy atom. The number of amides is 1. The van der Waals surface area contributed by atoms with Crippen LogP contribution >= 0.6 is 22.9 Å². The molecular weight excluding hydrogens is 438 g/mol. The third-order valence-corrected chi connectivity index (χ3v) is 6.47. The number of fused-ring (bicyclic) bond motifs is 1. The number of carbonyl (C=O) groups excluding carboxylic acids is 1. The van der Waals surface area contributed by atoms with Gasteiger partial charge >= 0.3 is 0 Å². The first-order valence-corrected chi connectivity index (χ1v) is 11.1. The minimum atomic E-state index is -3.99. The number of rotatable bonds is 7. The van der Waals surface area contributed by atoms with E-state index in [1.54, 1.807) is 13.0 Å². The van der Waals surface area contributed by atoms with Gasteiger partial charge in [-0.3, -0.25) is 9.52 Å². The zero-order valence-corrected chi connectivity index (χ0v) is 18.2. The maximum atomic E-state index is 12.9. The van der Waals surface area contributed by atoms with Crippen molar-refractivity contribution in [1.29, 1.82) is 0 Å². The molecule has 0 aliphatic carbocycles. The molecule has 0 bridgehead atoms. The summed E-state index contributed by atoms with van der Waals surface area (Å²) in [5.74, 6) is 0.362. The number of nitrogens with one attached hydrogen (secondary N) is 2. The van der Waals surface area contributed by atoms with Crippen LogP contribution in [0.1, 0.15) is 13.3 Å². The van der Waals surface area contributed by atoms with E-state index in [-0.39, 0.29) is 27.3 Å².